The number of hydrogen-bond acceptors (Lipinski definition) is 3. The predicted octanol–water partition coefficient (Wildman–Crippen LogP) is -0.162. The van der Waals surface area contributed by atoms with Gasteiger partial charge in [0.25, 0.3) is 5.91 Å². The molecule has 0 bridgehead atoms. The molecule has 0 aliphatic heterocycles. The largest absolute Gasteiger partial charge is 0.490 e. The molecule has 1 N–H and O–H groups in total. The summed E-state index contributed by atoms with van der Waals surface area (Å²) in [7, 11) is 1.21. The summed E-state index contributed by atoms with van der Waals surface area (Å²) >= 11 is 0. The maximum absolute atomic E-state index is 11.4. The number of carbonyl (C=O) groups is 2. The van der Waals surface area contributed by atoms with Crippen molar-refractivity contribution in [3.8, 4) is 0 Å². The van der Waals surface area contributed by atoms with Gasteiger partial charge in [0.15, 0.2) is 6.61 Å². The fraction of sp³-hybridized carbons (Fsp3) is 0.600. The Morgan fingerprint density at radius 3 is 2.25 bits per heavy atom. The Morgan fingerprint density at radius 1 is 1.42 bits per heavy atom. The SMILES string of the molecule is CNC(=O)COC(=O)C(F)(F)F. The Morgan fingerprint density at radius 2 is 1.92 bits per heavy atom. The van der Waals surface area contributed by atoms with Crippen LogP contribution in [0.5, 0.6) is 0 Å². The number of carbonyl (C=O) groups excluding carboxylic acids is 2. The van der Waals surface area contributed by atoms with Gasteiger partial charge in [-0.1, -0.05) is 0 Å². The first-order valence-electron chi connectivity index (χ1n) is 2.82. The highest BCUT2D eigenvalue weighted by Crippen LogP contribution is 2.15. The van der Waals surface area contributed by atoms with Gasteiger partial charge in [0.05, 0.1) is 0 Å². The van der Waals surface area contributed by atoms with Crippen molar-refractivity contribution in [3.63, 3.8) is 0 Å². The van der Waals surface area contributed by atoms with Gasteiger partial charge in [0, 0.05) is 7.05 Å². The molecule has 0 radical (unpaired) electrons. The number of nitrogens with one attached hydrogen (secondary N) is 1. The first-order chi connectivity index (χ1) is 5.38. The average Bonchev–Trinajstić information content (AvgIpc) is 1.97. The first kappa shape index (κ1) is 10.7. The molecule has 12 heavy (non-hydrogen) atoms. The summed E-state index contributed by atoms with van der Waals surface area (Å²) in [5.41, 5.74) is 0. The van der Waals surface area contributed by atoms with Crippen LogP contribution in [-0.4, -0.2) is 31.7 Å². The van der Waals surface area contributed by atoms with Crippen LogP contribution in [0.25, 0.3) is 0 Å². The average molecular weight is 185 g/mol. The minimum Gasteiger partial charge on any atom is -0.449 e. The molecule has 0 unspecified atom stereocenters. The summed E-state index contributed by atoms with van der Waals surface area (Å²) < 4.78 is 37.8. The second kappa shape index (κ2) is 3.93. The predicted molar refractivity (Wildman–Crippen MR) is 31.1 cm³/mol. The molecule has 0 aromatic rings. The zero-order chi connectivity index (χ0) is 9.78. The molecule has 70 valence electrons. The van der Waals surface area contributed by atoms with E-state index in [9.17, 15) is 22.8 Å². The molecule has 0 heterocycles. The van der Waals surface area contributed by atoms with Crippen LogP contribution in [0.2, 0.25) is 0 Å². The van der Waals surface area contributed by atoms with E-state index in [4.69, 9.17) is 0 Å². The standard InChI is InChI=1S/C5H6F3NO3/c1-9-3(10)2-12-4(11)5(6,7)8/h2H2,1H3,(H,9,10). The maximum Gasteiger partial charge on any atom is 0.490 e. The Balaban J connectivity index is 3.81. The van der Waals surface area contributed by atoms with E-state index in [0.717, 1.165) is 0 Å². The highest BCUT2D eigenvalue weighted by atomic mass is 19.4. The molecule has 0 atom stereocenters. The highest BCUT2D eigenvalue weighted by molar-refractivity contribution is 5.82. The van der Waals surface area contributed by atoms with E-state index >= 15 is 0 Å². The third-order valence-electron chi connectivity index (χ3n) is 0.845. The van der Waals surface area contributed by atoms with Crippen molar-refractivity contribution in [1.82, 2.24) is 5.32 Å². The van der Waals surface area contributed by atoms with Crippen molar-refractivity contribution in [3.05, 3.63) is 0 Å². The number of amides is 1. The summed E-state index contributed by atoms with van der Waals surface area (Å²) in [5, 5.41) is 1.99. The Labute approximate surface area is 65.7 Å². The zero-order valence-corrected chi connectivity index (χ0v) is 6.07. The second-order valence-electron chi connectivity index (χ2n) is 1.75. The van der Waals surface area contributed by atoms with E-state index in [1.807, 2.05) is 5.32 Å². The van der Waals surface area contributed by atoms with Crippen molar-refractivity contribution in [2.24, 2.45) is 0 Å². The zero-order valence-electron chi connectivity index (χ0n) is 6.07. The van der Waals surface area contributed by atoms with E-state index < -0.39 is 24.7 Å². The Hall–Kier alpha value is -1.27. The Kier molecular flexibility index (Phi) is 3.52. The van der Waals surface area contributed by atoms with Gasteiger partial charge in [-0.3, -0.25) is 4.79 Å². The van der Waals surface area contributed by atoms with Crippen molar-refractivity contribution >= 4 is 11.9 Å². The molecule has 0 spiro atoms. The van der Waals surface area contributed by atoms with Crippen molar-refractivity contribution in [2.45, 2.75) is 6.18 Å². The van der Waals surface area contributed by atoms with Gasteiger partial charge in [0.2, 0.25) is 0 Å². The molecular formula is C5H6F3NO3. The normalized spacial score (nSPS) is 10.7. The molecule has 0 fully saturated rings. The monoisotopic (exact) mass is 185 g/mol. The van der Waals surface area contributed by atoms with Gasteiger partial charge < -0.3 is 10.1 Å². The van der Waals surface area contributed by atoms with E-state index in [2.05, 4.69) is 4.74 Å². The van der Waals surface area contributed by atoms with Crippen LogP contribution >= 0.6 is 0 Å². The van der Waals surface area contributed by atoms with Gasteiger partial charge in [-0.2, -0.15) is 13.2 Å². The number of likely N-dealkylation sites (N-methyl/N-ethyl adjacent to an activating group) is 1. The van der Waals surface area contributed by atoms with Gasteiger partial charge in [-0.15, -0.1) is 0 Å². The minimum atomic E-state index is -5.05. The van der Waals surface area contributed by atoms with E-state index in [-0.39, 0.29) is 0 Å². The molecular weight excluding hydrogens is 179 g/mol. The van der Waals surface area contributed by atoms with Gasteiger partial charge in [-0.05, 0) is 0 Å². The third kappa shape index (κ3) is 3.79. The summed E-state index contributed by atoms with van der Waals surface area (Å²) in [6.45, 7) is -0.922. The van der Waals surface area contributed by atoms with Gasteiger partial charge in [-0.25, -0.2) is 4.79 Å². The smallest absolute Gasteiger partial charge is 0.449 e. The summed E-state index contributed by atoms with van der Waals surface area (Å²) in [5.74, 6) is -3.17. The van der Waals surface area contributed by atoms with Gasteiger partial charge in [0.1, 0.15) is 0 Å². The summed E-state index contributed by atoms with van der Waals surface area (Å²) in [6.07, 6.45) is -5.05. The minimum absolute atomic E-state index is 0.799. The molecule has 0 saturated heterocycles. The molecule has 0 aliphatic rings. The quantitative estimate of drug-likeness (QED) is 0.608. The maximum atomic E-state index is 11.4. The Bertz CT molecular complexity index is 189. The van der Waals surface area contributed by atoms with Crippen LogP contribution in [0.3, 0.4) is 0 Å². The van der Waals surface area contributed by atoms with E-state index in [1.165, 1.54) is 7.05 Å². The molecule has 1 amide bonds. The van der Waals surface area contributed by atoms with E-state index in [0.29, 0.717) is 0 Å². The topological polar surface area (TPSA) is 55.4 Å². The lowest BCUT2D eigenvalue weighted by atomic mass is 10.6. The molecule has 0 aliphatic carbocycles. The van der Waals surface area contributed by atoms with Crippen molar-refractivity contribution in [1.29, 1.82) is 0 Å². The van der Waals surface area contributed by atoms with Crippen LogP contribution in [-0.2, 0) is 14.3 Å². The third-order valence-corrected chi connectivity index (χ3v) is 0.845. The van der Waals surface area contributed by atoms with E-state index in [1.54, 1.807) is 0 Å². The number of ether oxygens (including phenoxy) is 1. The first-order valence-corrected chi connectivity index (χ1v) is 2.82. The number of halogens is 3. The van der Waals surface area contributed by atoms with Crippen molar-refractivity contribution < 1.29 is 27.5 Å². The molecule has 0 rings (SSSR count). The molecule has 0 aromatic carbocycles. The van der Waals surface area contributed by atoms with Crippen LogP contribution in [0, 0.1) is 0 Å². The molecule has 4 nitrogen and oxygen atoms in total. The molecule has 0 aromatic heterocycles. The summed E-state index contributed by atoms with van der Waals surface area (Å²) in [6, 6.07) is 0. The summed E-state index contributed by atoms with van der Waals surface area (Å²) in [4.78, 5) is 20.2. The fourth-order valence-electron chi connectivity index (χ4n) is 0.285. The number of rotatable bonds is 2. The van der Waals surface area contributed by atoms with Gasteiger partial charge >= 0.3 is 12.1 Å². The number of esters is 1. The fourth-order valence-corrected chi connectivity index (χ4v) is 0.285. The lowest BCUT2D eigenvalue weighted by Gasteiger charge is -2.05. The molecule has 0 saturated carbocycles. The molecule has 7 heteroatoms. The van der Waals surface area contributed by atoms with Crippen LogP contribution < -0.4 is 5.32 Å². The lowest BCUT2D eigenvalue weighted by molar-refractivity contribution is -0.199. The lowest BCUT2D eigenvalue weighted by Crippen LogP contribution is -2.31. The second-order valence-corrected chi connectivity index (χ2v) is 1.75. The van der Waals surface area contributed by atoms with Crippen LogP contribution in [0.4, 0.5) is 13.2 Å². The van der Waals surface area contributed by atoms with Crippen LogP contribution in [0.1, 0.15) is 0 Å². The van der Waals surface area contributed by atoms with Crippen LogP contribution in [0.15, 0.2) is 0 Å². The highest BCUT2D eigenvalue weighted by Gasteiger charge is 2.41. The number of hydrogen-bond donors (Lipinski definition) is 1. The van der Waals surface area contributed by atoms with Crippen molar-refractivity contribution in [2.75, 3.05) is 13.7 Å². The number of alkyl halides is 3.